The summed E-state index contributed by atoms with van der Waals surface area (Å²) in [6.07, 6.45) is 5.32. The first kappa shape index (κ1) is 23.6. The van der Waals surface area contributed by atoms with E-state index in [1.165, 1.54) is 12.4 Å². The molecule has 1 fully saturated rings. The number of hydrogen-bond acceptors (Lipinski definition) is 9. The number of likely N-dealkylation sites (tertiary alicyclic amines) is 1. The highest BCUT2D eigenvalue weighted by atomic mass is 32.1. The predicted molar refractivity (Wildman–Crippen MR) is 126 cm³/mol. The number of aromatic nitrogens is 3. The Hall–Kier alpha value is -3.57. The minimum Gasteiger partial charge on any atom is -0.488 e. The van der Waals surface area contributed by atoms with E-state index in [4.69, 9.17) is 14.2 Å². The predicted octanol–water partition coefficient (Wildman–Crippen LogP) is 3.55. The van der Waals surface area contributed by atoms with Gasteiger partial charge in [0.15, 0.2) is 5.82 Å². The number of nitrogens with one attached hydrogen (secondary N) is 1. The van der Waals surface area contributed by atoms with Crippen LogP contribution in [0.2, 0.25) is 0 Å². The topological polar surface area (TPSA) is 116 Å². The molecule has 0 radical (unpaired) electrons. The molecule has 1 aliphatic heterocycles. The minimum absolute atomic E-state index is 0.0525. The van der Waals surface area contributed by atoms with Crippen LogP contribution in [0, 0.1) is 6.92 Å². The Morgan fingerprint density at radius 1 is 1.12 bits per heavy atom. The number of anilines is 1. The van der Waals surface area contributed by atoms with Crippen LogP contribution in [0.3, 0.4) is 0 Å². The maximum atomic E-state index is 12.9. The van der Waals surface area contributed by atoms with E-state index in [1.54, 1.807) is 36.4 Å². The molecule has 1 saturated heterocycles. The van der Waals surface area contributed by atoms with Crippen molar-refractivity contribution in [2.75, 3.05) is 32.1 Å². The number of methoxy groups -OCH3 is 1. The maximum absolute atomic E-state index is 12.9. The average molecular weight is 484 g/mol. The Bertz CT molecular complexity index is 1160. The summed E-state index contributed by atoms with van der Waals surface area (Å²) in [5.41, 5.74) is 1.04. The Kier molecular flexibility index (Phi) is 7.33. The quantitative estimate of drug-likeness (QED) is 0.491. The summed E-state index contributed by atoms with van der Waals surface area (Å²) in [5, 5.41) is 3.01. The lowest BCUT2D eigenvalue weighted by molar-refractivity contribution is 0.0656. The molecule has 0 bridgehead atoms. The minimum atomic E-state index is -0.402. The first-order valence-electron chi connectivity index (χ1n) is 10.7. The van der Waals surface area contributed by atoms with Crippen LogP contribution in [-0.2, 0) is 4.74 Å². The third-order valence-electron chi connectivity index (χ3n) is 4.95. The molecule has 1 aromatic carbocycles. The van der Waals surface area contributed by atoms with Gasteiger partial charge in [-0.05, 0) is 32.4 Å². The van der Waals surface area contributed by atoms with Crippen LogP contribution in [0.15, 0.2) is 36.8 Å². The highest BCUT2D eigenvalue weighted by Crippen LogP contribution is 2.32. The van der Waals surface area contributed by atoms with Gasteiger partial charge in [0.2, 0.25) is 0 Å². The lowest BCUT2D eigenvalue weighted by Crippen LogP contribution is -2.41. The number of aryl methyl sites for hydroxylation is 1. The highest BCUT2D eigenvalue weighted by Gasteiger charge is 2.24. The second kappa shape index (κ2) is 10.6. The third-order valence-corrected chi connectivity index (χ3v) is 5.81. The van der Waals surface area contributed by atoms with Gasteiger partial charge in [0.05, 0.1) is 30.9 Å². The van der Waals surface area contributed by atoms with E-state index in [0.29, 0.717) is 39.6 Å². The van der Waals surface area contributed by atoms with Gasteiger partial charge >= 0.3 is 0 Å². The van der Waals surface area contributed by atoms with Crippen molar-refractivity contribution in [2.45, 2.75) is 26.4 Å². The van der Waals surface area contributed by atoms with Gasteiger partial charge < -0.3 is 24.4 Å². The lowest BCUT2D eigenvalue weighted by atomic mass is 10.2. The maximum Gasteiger partial charge on any atom is 0.279 e. The zero-order valence-corrected chi connectivity index (χ0v) is 19.9. The summed E-state index contributed by atoms with van der Waals surface area (Å²) < 4.78 is 16.9. The molecular weight excluding hydrogens is 458 g/mol. The zero-order chi connectivity index (χ0) is 24.1. The number of nitrogens with zero attached hydrogens (tertiary/aromatic N) is 4. The molecule has 2 amide bonds. The van der Waals surface area contributed by atoms with Crippen LogP contribution in [-0.4, -0.2) is 64.6 Å². The molecular formula is C23H25N5O5S. The van der Waals surface area contributed by atoms with Gasteiger partial charge in [-0.2, -0.15) is 0 Å². The van der Waals surface area contributed by atoms with E-state index in [-0.39, 0.29) is 12.0 Å². The fraction of sp³-hybridized carbons (Fsp3) is 0.348. The first-order chi connectivity index (χ1) is 16.4. The van der Waals surface area contributed by atoms with Gasteiger partial charge in [0, 0.05) is 31.8 Å². The van der Waals surface area contributed by atoms with Gasteiger partial charge in [0.25, 0.3) is 17.0 Å². The number of hydrogen-bond donors (Lipinski definition) is 1. The number of carbonyl (C=O) groups excluding carboxylic acids is 2. The standard InChI is InChI=1S/C23H25N5O5S/c1-14-10-25-20(12-24-14)27-21(29)16-7-17(32-15(2)13-31-3)9-18(8-16)33-23-26-11-19(34-23)22(30)28-5-4-6-28/h7-12,15H,4-6,13H2,1-3H3,(H,25,27,29)/t15-/m0/s1. The van der Waals surface area contributed by atoms with Crippen LogP contribution < -0.4 is 14.8 Å². The second-order valence-electron chi connectivity index (χ2n) is 7.81. The van der Waals surface area contributed by atoms with Crippen molar-refractivity contribution in [2.24, 2.45) is 0 Å². The number of ether oxygens (including phenoxy) is 3. The molecule has 1 N–H and O–H groups in total. The first-order valence-corrected chi connectivity index (χ1v) is 11.6. The van der Waals surface area contributed by atoms with Crippen molar-refractivity contribution in [3.05, 3.63) is 52.9 Å². The monoisotopic (exact) mass is 483 g/mol. The molecule has 10 nitrogen and oxygen atoms in total. The van der Waals surface area contributed by atoms with Crippen molar-refractivity contribution in [3.8, 4) is 16.7 Å². The van der Waals surface area contributed by atoms with Gasteiger partial charge in [-0.15, -0.1) is 0 Å². The Morgan fingerprint density at radius 2 is 1.91 bits per heavy atom. The number of benzene rings is 1. The second-order valence-corrected chi connectivity index (χ2v) is 8.81. The van der Waals surface area contributed by atoms with Gasteiger partial charge in [-0.3, -0.25) is 14.6 Å². The van der Waals surface area contributed by atoms with Gasteiger partial charge in [0.1, 0.15) is 22.5 Å². The summed E-state index contributed by atoms with van der Waals surface area (Å²) in [7, 11) is 1.59. The average Bonchev–Trinajstić information content (AvgIpc) is 3.22. The van der Waals surface area contributed by atoms with E-state index >= 15 is 0 Å². The fourth-order valence-electron chi connectivity index (χ4n) is 3.16. The fourth-order valence-corrected chi connectivity index (χ4v) is 3.91. The van der Waals surface area contributed by atoms with E-state index in [2.05, 4.69) is 20.3 Å². The van der Waals surface area contributed by atoms with Gasteiger partial charge in [-0.1, -0.05) is 11.3 Å². The van der Waals surface area contributed by atoms with Gasteiger partial charge in [-0.25, -0.2) is 9.97 Å². The molecule has 34 heavy (non-hydrogen) atoms. The van der Waals surface area contributed by atoms with Crippen molar-refractivity contribution < 1.29 is 23.8 Å². The van der Waals surface area contributed by atoms with Crippen molar-refractivity contribution in [1.29, 1.82) is 0 Å². The van der Waals surface area contributed by atoms with E-state index in [9.17, 15) is 9.59 Å². The molecule has 3 aromatic rings. The molecule has 1 aliphatic rings. The summed E-state index contributed by atoms with van der Waals surface area (Å²) in [6.45, 7) is 5.56. The zero-order valence-electron chi connectivity index (χ0n) is 19.1. The molecule has 0 unspecified atom stereocenters. The molecule has 1 atom stereocenters. The van der Waals surface area contributed by atoms with Crippen molar-refractivity contribution in [1.82, 2.24) is 19.9 Å². The number of thiazole rings is 1. The molecule has 178 valence electrons. The molecule has 0 aliphatic carbocycles. The molecule has 11 heteroatoms. The number of carbonyl (C=O) groups is 2. The largest absolute Gasteiger partial charge is 0.488 e. The molecule has 0 saturated carbocycles. The van der Waals surface area contributed by atoms with E-state index in [1.807, 2.05) is 13.8 Å². The Labute approximate surface area is 200 Å². The summed E-state index contributed by atoms with van der Waals surface area (Å²) in [5.74, 6) is 0.644. The summed E-state index contributed by atoms with van der Waals surface area (Å²) >= 11 is 1.16. The van der Waals surface area contributed by atoms with E-state index in [0.717, 1.165) is 36.5 Å². The highest BCUT2D eigenvalue weighted by molar-refractivity contribution is 7.15. The van der Waals surface area contributed by atoms with Crippen molar-refractivity contribution >= 4 is 29.0 Å². The molecule has 4 rings (SSSR count). The van der Waals surface area contributed by atoms with Crippen molar-refractivity contribution in [3.63, 3.8) is 0 Å². The van der Waals surface area contributed by atoms with Crippen LogP contribution in [0.1, 0.15) is 39.1 Å². The summed E-state index contributed by atoms with van der Waals surface area (Å²) in [4.78, 5) is 40.1. The lowest BCUT2D eigenvalue weighted by Gasteiger charge is -2.30. The molecule has 3 heterocycles. The Balaban J connectivity index is 1.55. The molecule has 2 aromatic heterocycles. The number of rotatable bonds is 9. The SMILES string of the molecule is COC[C@H](C)Oc1cc(Oc2ncc(C(=O)N3CCC3)s2)cc(C(=O)Nc2cnc(C)cn2)c1. The van der Waals surface area contributed by atoms with Crippen LogP contribution in [0.25, 0.3) is 0 Å². The smallest absolute Gasteiger partial charge is 0.279 e. The Morgan fingerprint density at radius 3 is 2.59 bits per heavy atom. The van der Waals surface area contributed by atoms with E-state index < -0.39 is 5.91 Å². The molecule has 0 spiro atoms. The normalized spacial score (nSPS) is 13.7. The third kappa shape index (κ3) is 5.86. The van der Waals surface area contributed by atoms with Crippen LogP contribution in [0.5, 0.6) is 16.7 Å². The summed E-state index contributed by atoms with van der Waals surface area (Å²) in [6, 6.07) is 4.84. The number of amides is 2. The van der Waals surface area contributed by atoms with Crippen LogP contribution >= 0.6 is 11.3 Å². The van der Waals surface area contributed by atoms with Crippen LogP contribution in [0.4, 0.5) is 5.82 Å².